The lowest BCUT2D eigenvalue weighted by atomic mass is 10.1. The molecule has 1 aromatic carbocycles. The molecule has 23 heavy (non-hydrogen) atoms. The van der Waals surface area contributed by atoms with Crippen molar-refractivity contribution in [3.8, 4) is 6.07 Å². The first kappa shape index (κ1) is 14.8. The molecular formula is C16H14N4O3. The van der Waals surface area contributed by atoms with Crippen molar-refractivity contribution in [2.24, 2.45) is 0 Å². The molecule has 0 saturated heterocycles. The summed E-state index contributed by atoms with van der Waals surface area (Å²) in [6.45, 7) is 1.48. The van der Waals surface area contributed by atoms with Crippen LogP contribution in [-0.2, 0) is 13.1 Å². The molecule has 2 N–H and O–H groups in total. The van der Waals surface area contributed by atoms with Gasteiger partial charge in [0.15, 0.2) is 0 Å². The zero-order valence-corrected chi connectivity index (χ0v) is 12.2. The fourth-order valence-corrected chi connectivity index (χ4v) is 2.67. The molecule has 1 aromatic heterocycles. The highest BCUT2D eigenvalue weighted by Crippen LogP contribution is 2.19. The summed E-state index contributed by atoms with van der Waals surface area (Å²) in [7, 11) is 0. The summed E-state index contributed by atoms with van der Waals surface area (Å²) in [6.07, 6.45) is 1.55. The van der Waals surface area contributed by atoms with Crippen LogP contribution in [0.2, 0.25) is 0 Å². The second-order valence-corrected chi connectivity index (χ2v) is 5.29. The molecular weight excluding hydrogens is 296 g/mol. The molecule has 0 radical (unpaired) electrons. The second-order valence-electron chi connectivity index (χ2n) is 5.29. The third-order valence-corrected chi connectivity index (χ3v) is 3.81. The fourth-order valence-electron chi connectivity index (χ4n) is 2.67. The van der Waals surface area contributed by atoms with Gasteiger partial charge in [0.2, 0.25) is 0 Å². The van der Waals surface area contributed by atoms with E-state index in [9.17, 15) is 9.59 Å². The van der Waals surface area contributed by atoms with Crippen LogP contribution >= 0.6 is 0 Å². The van der Waals surface area contributed by atoms with Crippen molar-refractivity contribution in [3.05, 3.63) is 58.9 Å². The Morgan fingerprint density at radius 3 is 2.91 bits per heavy atom. The number of fused-ring (bicyclic) bond motifs is 1. The number of nitrogens with one attached hydrogen (secondary N) is 1. The number of hydrogen-bond acceptors (Lipinski definition) is 4. The van der Waals surface area contributed by atoms with Crippen molar-refractivity contribution in [3.63, 3.8) is 0 Å². The predicted octanol–water partition coefficient (Wildman–Crippen LogP) is 1.13. The van der Waals surface area contributed by atoms with Crippen LogP contribution in [0.15, 0.2) is 36.5 Å². The van der Waals surface area contributed by atoms with Crippen molar-refractivity contribution < 1.29 is 14.8 Å². The number of nitriles is 1. The monoisotopic (exact) mass is 310 g/mol. The molecule has 1 aliphatic rings. The van der Waals surface area contributed by atoms with Crippen LogP contribution in [0.25, 0.3) is 0 Å². The van der Waals surface area contributed by atoms with Gasteiger partial charge in [-0.2, -0.15) is 5.26 Å². The van der Waals surface area contributed by atoms with E-state index in [1.165, 1.54) is 6.07 Å². The van der Waals surface area contributed by atoms with Crippen LogP contribution in [0.4, 0.5) is 0 Å². The van der Waals surface area contributed by atoms with E-state index >= 15 is 0 Å². The molecule has 7 nitrogen and oxygen atoms in total. The molecule has 0 spiro atoms. The molecule has 0 atom stereocenters. The van der Waals surface area contributed by atoms with Gasteiger partial charge in [-0.1, -0.05) is 12.1 Å². The topological polar surface area (TPSA) is 98.4 Å². The van der Waals surface area contributed by atoms with Gasteiger partial charge in [0.25, 0.3) is 11.8 Å². The molecule has 0 unspecified atom stereocenters. The maximum absolute atomic E-state index is 12.5. The zero-order valence-electron chi connectivity index (χ0n) is 12.2. The lowest BCUT2D eigenvalue weighted by molar-refractivity contribution is 0.0689. The number of carbonyl (C=O) groups excluding carboxylic acids is 2. The molecule has 0 saturated carbocycles. The van der Waals surface area contributed by atoms with Crippen LogP contribution in [0.3, 0.4) is 0 Å². The summed E-state index contributed by atoms with van der Waals surface area (Å²) in [5.74, 6) is -0.830. The van der Waals surface area contributed by atoms with E-state index in [2.05, 4.69) is 6.07 Å². The number of hydroxylamine groups is 1. The quantitative estimate of drug-likeness (QED) is 0.656. The summed E-state index contributed by atoms with van der Waals surface area (Å²) >= 11 is 0. The average Bonchev–Trinajstić information content (AvgIpc) is 3.02. The van der Waals surface area contributed by atoms with E-state index < -0.39 is 5.91 Å². The van der Waals surface area contributed by atoms with E-state index in [0.717, 1.165) is 5.56 Å². The number of aromatic nitrogens is 1. The lowest BCUT2D eigenvalue weighted by Gasteiger charge is -2.28. The number of hydrogen-bond donors (Lipinski definition) is 2. The normalized spacial score (nSPS) is 13.4. The van der Waals surface area contributed by atoms with Crippen molar-refractivity contribution in [2.45, 2.75) is 13.1 Å². The van der Waals surface area contributed by atoms with Gasteiger partial charge in [0, 0.05) is 25.8 Å². The SMILES string of the molecule is N#Cc1cccc(CN2CCn3cc(C(=O)NO)cc3C2=O)c1. The van der Waals surface area contributed by atoms with Crippen molar-refractivity contribution >= 4 is 11.8 Å². The Morgan fingerprint density at radius 1 is 1.35 bits per heavy atom. The van der Waals surface area contributed by atoms with Crippen LogP contribution in [-0.4, -0.2) is 33.0 Å². The first-order chi connectivity index (χ1) is 11.1. The van der Waals surface area contributed by atoms with Gasteiger partial charge in [-0.25, -0.2) is 5.48 Å². The van der Waals surface area contributed by atoms with Crippen molar-refractivity contribution in [2.75, 3.05) is 6.54 Å². The number of amides is 2. The summed E-state index contributed by atoms with van der Waals surface area (Å²) < 4.78 is 1.70. The molecule has 7 heteroatoms. The maximum Gasteiger partial charge on any atom is 0.276 e. The summed E-state index contributed by atoms with van der Waals surface area (Å²) in [4.78, 5) is 25.7. The summed E-state index contributed by atoms with van der Waals surface area (Å²) in [5.41, 5.74) is 3.64. The third kappa shape index (κ3) is 2.80. The molecule has 116 valence electrons. The van der Waals surface area contributed by atoms with E-state index in [1.54, 1.807) is 39.3 Å². The maximum atomic E-state index is 12.5. The first-order valence-electron chi connectivity index (χ1n) is 7.05. The van der Waals surface area contributed by atoms with Gasteiger partial charge >= 0.3 is 0 Å². The minimum Gasteiger partial charge on any atom is -0.341 e. The van der Waals surface area contributed by atoms with Gasteiger partial charge < -0.3 is 9.47 Å². The van der Waals surface area contributed by atoms with Crippen molar-refractivity contribution in [1.29, 1.82) is 5.26 Å². The molecule has 3 rings (SSSR count). The Hall–Kier alpha value is -3.11. The highest BCUT2D eigenvalue weighted by Gasteiger charge is 2.26. The Kier molecular flexibility index (Phi) is 3.83. The van der Waals surface area contributed by atoms with E-state index in [4.69, 9.17) is 10.5 Å². The van der Waals surface area contributed by atoms with Crippen molar-refractivity contribution in [1.82, 2.24) is 14.9 Å². The minimum absolute atomic E-state index is 0.185. The molecule has 0 bridgehead atoms. The minimum atomic E-state index is -0.645. The molecule has 0 fully saturated rings. The Morgan fingerprint density at radius 2 is 2.17 bits per heavy atom. The molecule has 0 aliphatic carbocycles. The standard InChI is InChI=1S/C16H14N4O3/c17-8-11-2-1-3-12(6-11)9-20-5-4-19-10-13(15(21)18-23)7-14(19)16(20)22/h1-3,6-7,10,23H,4-5,9H2,(H,18,21). The predicted molar refractivity (Wildman–Crippen MR) is 79.6 cm³/mol. The van der Waals surface area contributed by atoms with Gasteiger partial charge in [-0.05, 0) is 23.8 Å². The highest BCUT2D eigenvalue weighted by atomic mass is 16.5. The number of carbonyl (C=O) groups is 2. The molecule has 2 aromatic rings. The van der Waals surface area contributed by atoms with Gasteiger partial charge in [0.1, 0.15) is 5.69 Å². The number of nitrogens with zero attached hydrogens (tertiary/aromatic N) is 3. The van der Waals surface area contributed by atoms with E-state index in [1.807, 2.05) is 6.07 Å². The van der Waals surface area contributed by atoms with Crippen LogP contribution < -0.4 is 5.48 Å². The largest absolute Gasteiger partial charge is 0.341 e. The Balaban J connectivity index is 1.82. The fraction of sp³-hybridized carbons (Fsp3) is 0.188. The molecule has 2 amide bonds. The van der Waals surface area contributed by atoms with Crippen LogP contribution in [0.5, 0.6) is 0 Å². The first-order valence-corrected chi connectivity index (χ1v) is 7.05. The Bertz CT molecular complexity index is 819. The summed E-state index contributed by atoms with van der Waals surface area (Å²) in [6, 6.07) is 10.7. The zero-order chi connectivity index (χ0) is 16.4. The van der Waals surface area contributed by atoms with Gasteiger partial charge in [-0.15, -0.1) is 0 Å². The average molecular weight is 310 g/mol. The van der Waals surface area contributed by atoms with Crippen LogP contribution in [0.1, 0.15) is 32.0 Å². The number of rotatable bonds is 3. The number of benzene rings is 1. The Labute approximate surface area is 132 Å². The van der Waals surface area contributed by atoms with E-state index in [0.29, 0.717) is 30.9 Å². The van der Waals surface area contributed by atoms with Gasteiger partial charge in [0.05, 0.1) is 17.2 Å². The molecule has 2 heterocycles. The van der Waals surface area contributed by atoms with E-state index in [-0.39, 0.29) is 11.5 Å². The lowest BCUT2D eigenvalue weighted by Crippen LogP contribution is -2.39. The molecule has 1 aliphatic heterocycles. The highest BCUT2D eigenvalue weighted by molar-refractivity contribution is 5.99. The van der Waals surface area contributed by atoms with Gasteiger partial charge in [-0.3, -0.25) is 14.8 Å². The van der Waals surface area contributed by atoms with Crippen LogP contribution in [0, 0.1) is 11.3 Å². The third-order valence-electron chi connectivity index (χ3n) is 3.81. The smallest absolute Gasteiger partial charge is 0.276 e. The summed E-state index contributed by atoms with van der Waals surface area (Å²) in [5, 5.41) is 17.6. The second kappa shape index (κ2) is 5.94.